The molecule has 1 aliphatic carbocycles. The average Bonchev–Trinajstić information content (AvgIpc) is 3.14. The third-order valence-corrected chi connectivity index (χ3v) is 7.18. The molecule has 0 saturated heterocycles. The summed E-state index contributed by atoms with van der Waals surface area (Å²) in [6.45, 7) is 6.24. The zero-order valence-corrected chi connectivity index (χ0v) is 21.6. The number of nitrogens with one attached hydrogen (secondary N) is 2. The summed E-state index contributed by atoms with van der Waals surface area (Å²) in [7, 11) is 1.37. The predicted octanol–water partition coefficient (Wildman–Crippen LogP) is 5.11. The van der Waals surface area contributed by atoms with Gasteiger partial charge in [0.25, 0.3) is 0 Å². The summed E-state index contributed by atoms with van der Waals surface area (Å²) in [6, 6.07) is 15.8. The van der Waals surface area contributed by atoms with Gasteiger partial charge in [0.2, 0.25) is 0 Å². The maximum absolute atomic E-state index is 12.5. The molecule has 1 amide bonds. The van der Waals surface area contributed by atoms with Gasteiger partial charge in [0.05, 0.1) is 7.11 Å². The van der Waals surface area contributed by atoms with Crippen molar-refractivity contribution < 1.29 is 19.1 Å². The number of benzene rings is 2. The van der Waals surface area contributed by atoms with Crippen LogP contribution in [0, 0.1) is 5.92 Å². The van der Waals surface area contributed by atoms with E-state index < -0.39 is 12.1 Å². The second-order valence-electron chi connectivity index (χ2n) is 8.82. The molecule has 2 atom stereocenters. The molecule has 0 bridgehead atoms. The minimum Gasteiger partial charge on any atom is -0.467 e. The number of alkyl carbamates (subject to hydrolysis) is 1. The Labute approximate surface area is 211 Å². The number of hydrogen-bond acceptors (Lipinski definition) is 6. The van der Waals surface area contributed by atoms with Gasteiger partial charge in [-0.15, -0.1) is 0 Å². The number of thiocarbonyl (C=S) groups is 1. The molecule has 182 valence electrons. The second-order valence-corrected chi connectivity index (χ2v) is 10.5. The SMILES string of the molecule is COC(=O)[C@H](CC(C)C)NC(=S)SC[C@H](C)NC(=O)OCC1c2ccccc2-c2ccccc21. The summed E-state index contributed by atoms with van der Waals surface area (Å²) < 4.78 is 11.0. The number of carbonyl (C=O) groups excluding carboxylic acids is 2. The number of rotatable bonds is 9. The summed E-state index contributed by atoms with van der Waals surface area (Å²) >= 11 is 6.76. The third-order valence-electron chi connectivity index (χ3n) is 5.66. The predicted molar refractivity (Wildman–Crippen MR) is 141 cm³/mol. The summed E-state index contributed by atoms with van der Waals surface area (Å²) in [5.41, 5.74) is 4.75. The first-order chi connectivity index (χ1) is 16.3. The molecule has 0 unspecified atom stereocenters. The van der Waals surface area contributed by atoms with Gasteiger partial charge in [0, 0.05) is 17.7 Å². The van der Waals surface area contributed by atoms with Crippen LogP contribution in [0.2, 0.25) is 0 Å². The monoisotopic (exact) mass is 500 g/mol. The summed E-state index contributed by atoms with van der Waals surface area (Å²) in [5.74, 6) is 0.557. The molecule has 0 radical (unpaired) electrons. The van der Waals surface area contributed by atoms with Crippen molar-refractivity contribution in [3.8, 4) is 11.1 Å². The molecule has 0 spiro atoms. The van der Waals surface area contributed by atoms with Crippen molar-refractivity contribution in [1.82, 2.24) is 10.6 Å². The lowest BCUT2D eigenvalue weighted by molar-refractivity contribution is -0.143. The van der Waals surface area contributed by atoms with Gasteiger partial charge >= 0.3 is 12.1 Å². The maximum atomic E-state index is 12.5. The van der Waals surface area contributed by atoms with E-state index in [4.69, 9.17) is 21.7 Å². The molecule has 6 nitrogen and oxygen atoms in total. The van der Waals surface area contributed by atoms with Crippen molar-refractivity contribution >= 4 is 40.4 Å². The van der Waals surface area contributed by atoms with E-state index >= 15 is 0 Å². The van der Waals surface area contributed by atoms with E-state index in [1.807, 2.05) is 45.0 Å². The zero-order valence-electron chi connectivity index (χ0n) is 20.0. The molecular formula is C26H32N2O4S2. The lowest BCUT2D eigenvalue weighted by Gasteiger charge is -2.20. The maximum Gasteiger partial charge on any atom is 0.407 e. The Kier molecular flexibility index (Phi) is 9.36. The Morgan fingerprint density at radius 2 is 1.59 bits per heavy atom. The smallest absolute Gasteiger partial charge is 0.407 e. The fourth-order valence-electron chi connectivity index (χ4n) is 4.10. The van der Waals surface area contributed by atoms with Gasteiger partial charge < -0.3 is 20.1 Å². The number of thioether (sulfide) groups is 1. The van der Waals surface area contributed by atoms with E-state index in [-0.39, 0.29) is 24.5 Å². The van der Waals surface area contributed by atoms with Crippen molar-refractivity contribution in [3.05, 3.63) is 59.7 Å². The van der Waals surface area contributed by atoms with E-state index in [1.54, 1.807) is 0 Å². The highest BCUT2D eigenvalue weighted by Crippen LogP contribution is 2.44. The normalized spacial score (nSPS) is 14.0. The molecule has 1 aliphatic rings. The van der Waals surface area contributed by atoms with Crippen molar-refractivity contribution in [1.29, 1.82) is 0 Å². The highest BCUT2D eigenvalue weighted by atomic mass is 32.2. The Morgan fingerprint density at radius 1 is 1.00 bits per heavy atom. The fourth-order valence-corrected chi connectivity index (χ4v) is 5.15. The minimum atomic E-state index is -0.476. The lowest BCUT2D eigenvalue weighted by Crippen LogP contribution is -2.41. The molecule has 2 aromatic carbocycles. The Balaban J connectivity index is 1.47. The highest BCUT2D eigenvalue weighted by molar-refractivity contribution is 8.23. The van der Waals surface area contributed by atoms with Crippen LogP contribution >= 0.6 is 24.0 Å². The lowest BCUT2D eigenvalue weighted by atomic mass is 9.98. The Hall–Kier alpha value is -2.58. The van der Waals surface area contributed by atoms with Gasteiger partial charge in [0.1, 0.15) is 17.0 Å². The van der Waals surface area contributed by atoms with E-state index in [1.165, 1.54) is 41.1 Å². The molecule has 0 fully saturated rings. The Morgan fingerprint density at radius 3 is 2.15 bits per heavy atom. The van der Waals surface area contributed by atoms with E-state index in [0.717, 1.165) is 0 Å². The van der Waals surface area contributed by atoms with Crippen LogP contribution in [0.25, 0.3) is 11.1 Å². The first kappa shape index (κ1) is 26.0. The van der Waals surface area contributed by atoms with E-state index in [0.29, 0.717) is 22.4 Å². The number of fused-ring (bicyclic) bond motifs is 3. The molecule has 0 aliphatic heterocycles. The molecular weight excluding hydrogens is 468 g/mol. The van der Waals surface area contributed by atoms with Crippen LogP contribution in [0.3, 0.4) is 0 Å². The molecule has 2 N–H and O–H groups in total. The fraction of sp³-hybridized carbons (Fsp3) is 0.423. The van der Waals surface area contributed by atoms with Gasteiger partial charge in [-0.3, -0.25) is 0 Å². The highest BCUT2D eigenvalue weighted by Gasteiger charge is 2.29. The van der Waals surface area contributed by atoms with Crippen LogP contribution in [-0.2, 0) is 14.3 Å². The molecule has 3 rings (SSSR count). The van der Waals surface area contributed by atoms with Gasteiger partial charge in [0.15, 0.2) is 0 Å². The van der Waals surface area contributed by atoms with Gasteiger partial charge in [-0.05, 0) is 41.5 Å². The number of amides is 1. The topological polar surface area (TPSA) is 76.7 Å². The molecule has 8 heteroatoms. The van der Waals surface area contributed by atoms with Crippen LogP contribution in [-0.4, -0.2) is 47.9 Å². The largest absolute Gasteiger partial charge is 0.467 e. The molecule has 0 saturated carbocycles. The minimum absolute atomic E-state index is 0.0239. The van der Waals surface area contributed by atoms with Gasteiger partial charge in [-0.2, -0.15) is 0 Å². The van der Waals surface area contributed by atoms with E-state index in [9.17, 15) is 9.59 Å². The van der Waals surface area contributed by atoms with Crippen molar-refractivity contribution in [2.75, 3.05) is 19.5 Å². The quantitative estimate of drug-likeness (QED) is 0.366. The summed E-state index contributed by atoms with van der Waals surface area (Å²) in [6.07, 6.45) is 0.169. The zero-order chi connectivity index (χ0) is 24.7. The number of methoxy groups -OCH3 is 1. The van der Waals surface area contributed by atoms with Gasteiger partial charge in [-0.25, -0.2) is 9.59 Å². The van der Waals surface area contributed by atoms with Crippen molar-refractivity contribution in [2.45, 2.75) is 45.2 Å². The molecule has 2 aromatic rings. The molecule has 0 aromatic heterocycles. The van der Waals surface area contributed by atoms with Gasteiger partial charge in [-0.1, -0.05) is 86.4 Å². The number of esters is 1. The summed E-state index contributed by atoms with van der Waals surface area (Å²) in [5, 5.41) is 5.93. The standard InChI is InChI=1S/C26H32N2O4S2/c1-16(2)13-23(24(29)31-4)28-26(33)34-15-17(3)27-25(30)32-14-22-20-11-7-5-9-18(20)19-10-6-8-12-21(19)22/h5-12,16-17,22-23H,13-15H2,1-4H3,(H,27,30)(H,28,33)/t17-,23-/m0/s1. The Bertz CT molecular complexity index is 982. The summed E-state index contributed by atoms with van der Waals surface area (Å²) in [4.78, 5) is 24.4. The first-order valence-corrected chi connectivity index (χ1v) is 12.8. The average molecular weight is 501 g/mol. The second kappa shape index (κ2) is 12.2. The number of hydrogen-bond donors (Lipinski definition) is 2. The molecule has 34 heavy (non-hydrogen) atoms. The number of ether oxygens (including phenoxy) is 2. The van der Waals surface area contributed by atoms with Crippen LogP contribution in [0.5, 0.6) is 0 Å². The van der Waals surface area contributed by atoms with Crippen molar-refractivity contribution in [3.63, 3.8) is 0 Å². The van der Waals surface area contributed by atoms with E-state index in [2.05, 4.69) is 34.9 Å². The van der Waals surface area contributed by atoms with Crippen LogP contribution in [0.15, 0.2) is 48.5 Å². The van der Waals surface area contributed by atoms with Crippen LogP contribution in [0.4, 0.5) is 4.79 Å². The molecule has 0 heterocycles. The third kappa shape index (κ3) is 6.73. The van der Waals surface area contributed by atoms with Crippen molar-refractivity contribution in [2.24, 2.45) is 5.92 Å². The number of carbonyl (C=O) groups is 2. The van der Waals surface area contributed by atoms with Crippen LogP contribution in [0.1, 0.15) is 44.2 Å². The first-order valence-electron chi connectivity index (χ1n) is 11.4. The van der Waals surface area contributed by atoms with Crippen LogP contribution < -0.4 is 10.6 Å².